The lowest BCUT2D eigenvalue weighted by Crippen LogP contribution is -2.48. The Morgan fingerprint density at radius 2 is 1.76 bits per heavy atom. The zero-order chi connectivity index (χ0) is 20.0. The number of hydrogen-bond acceptors (Lipinski definition) is 4. The molecule has 0 amide bonds. The summed E-state index contributed by atoms with van der Waals surface area (Å²) < 4.78 is 12.9. The van der Waals surface area contributed by atoms with E-state index in [1.807, 2.05) is 30.3 Å². The van der Waals surface area contributed by atoms with Crippen molar-refractivity contribution in [2.24, 2.45) is 5.10 Å². The molecule has 4 nitrogen and oxygen atoms in total. The van der Waals surface area contributed by atoms with Gasteiger partial charge >= 0.3 is 0 Å². The molecule has 0 bridgehead atoms. The predicted molar refractivity (Wildman–Crippen MR) is 117 cm³/mol. The third-order valence-corrected chi connectivity index (χ3v) is 6.27. The normalized spacial score (nSPS) is 22.4. The molecule has 0 fully saturated rings. The molecule has 0 saturated heterocycles. The van der Waals surface area contributed by atoms with Gasteiger partial charge < -0.3 is 9.47 Å². The molecule has 0 radical (unpaired) electrons. The van der Waals surface area contributed by atoms with Gasteiger partial charge in [-0.2, -0.15) is 5.10 Å². The second kappa shape index (κ2) is 6.92. The minimum atomic E-state index is -0.687. The summed E-state index contributed by atoms with van der Waals surface area (Å²) in [6.45, 7) is 2.10. The first-order valence-corrected chi connectivity index (χ1v) is 10.4. The lowest BCUT2D eigenvalue weighted by molar-refractivity contribution is -0.112. The fourth-order valence-electron chi connectivity index (χ4n) is 4.16. The summed E-state index contributed by atoms with van der Waals surface area (Å²) in [5, 5.41) is 7.18. The van der Waals surface area contributed by atoms with E-state index in [1.54, 1.807) is 7.11 Å². The van der Waals surface area contributed by atoms with Gasteiger partial charge in [-0.25, -0.2) is 5.01 Å². The van der Waals surface area contributed by atoms with Crippen molar-refractivity contribution in [1.29, 1.82) is 0 Å². The van der Waals surface area contributed by atoms with Gasteiger partial charge in [-0.15, -0.1) is 0 Å². The Bertz CT molecular complexity index is 1080. The van der Waals surface area contributed by atoms with Crippen LogP contribution in [-0.2, 0) is 5.72 Å². The van der Waals surface area contributed by atoms with Crippen LogP contribution in [-0.4, -0.2) is 17.8 Å². The highest BCUT2D eigenvalue weighted by Crippen LogP contribution is 2.50. The third-order valence-electron chi connectivity index (χ3n) is 5.74. The smallest absolute Gasteiger partial charge is 0.221 e. The molecule has 5 heteroatoms. The summed E-state index contributed by atoms with van der Waals surface area (Å²) in [6, 6.07) is 24.8. The molecule has 2 atom stereocenters. The molecule has 0 N–H and O–H groups in total. The molecule has 2 heterocycles. The van der Waals surface area contributed by atoms with Crippen molar-refractivity contribution in [2.75, 3.05) is 7.11 Å². The Morgan fingerprint density at radius 3 is 2.48 bits per heavy atom. The molecular formula is C24H21BrN2O2. The van der Waals surface area contributed by atoms with Crippen LogP contribution >= 0.6 is 15.9 Å². The van der Waals surface area contributed by atoms with E-state index in [9.17, 15) is 0 Å². The van der Waals surface area contributed by atoms with Crippen molar-refractivity contribution in [2.45, 2.75) is 25.1 Å². The fraction of sp³-hybridized carbons (Fsp3) is 0.208. The molecular weight excluding hydrogens is 428 g/mol. The van der Waals surface area contributed by atoms with E-state index in [0.717, 1.165) is 39.2 Å². The van der Waals surface area contributed by atoms with Crippen molar-refractivity contribution >= 4 is 21.6 Å². The Kier molecular flexibility index (Phi) is 4.36. The quantitative estimate of drug-likeness (QED) is 0.501. The first-order valence-electron chi connectivity index (χ1n) is 9.64. The lowest BCUT2D eigenvalue weighted by Gasteiger charge is -2.46. The summed E-state index contributed by atoms with van der Waals surface area (Å²) >= 11 is 3.53. The largest absolute Gasteiger partial charge is 0.497 e. The van der Waals surface area contributed by atoms with E-state index in [1.165, 1.54) is 5.56 Å². The molecule has 0 spiro atoms. The molecule has 0 aromatic heterocycles. The first kappa shape index (κ1) is 18.3. The van der Waals surface area contributed by atoms with E-state index in [2.05, 4.69) is 70.3 Å². The van der Waals surface area contributed by atoms with Crippen molar-refractivity contribution in [3.05, 3.63) is 94.0 Å². The molecule has 146 valence electrons. The topological polar surface area (TPSA) is 34.1 Å². The van der Waals surface area contributed by atoms with Crippen LogP contribution in [0.1, 0.15) is 36.1 Å². The van der Waals surface area contributed by atoms with Crippen molar-refractivity contribution in [1.82, 2.24) is 5.01 Å². The van der Waals surface area contributed by atoms with Gasteiger partial charge in [0.1, 0.15) is 11.5 Å². The van der Waals surface area contributed by atoms with Gasteiger partial charge in [-0.3, -0.25) is 0 Å². The number of benzene rings is 3. The fourth-order valence-corrected chi connectivity index (χ4v) is 4.43. The van der Waals surface area contributed by atoms with Crippen LogP contribution in [0.25, 0.3) is 0 Å². The Hall–Kier alpha value is -2.79. The molecule has 0 unspecified atom stereocenters. The van der Waals surface area contributed by atoms with Crippen LogP contribution in [0.15, 0.2) is 82.4 Å². The van der Waals surface area contributed by atoms with Crippen LogP contribution in [0.4, 0.5) is 0 Å². The summed E-state index contributed by atoms with van der Waals surface area (Å²) in [5.41, 5.74) is 3.72. The number of hydrazone groups is 1. The molecule has 29 heavy (non-hydrogen) atoms. The monoisotopic (exact) mass is 448 g/mol. The highest BCUT2D eigenvalue weighted by Gasteiger charge is 2.48. The average molecular weight is 449 g/mol. The minimum absolute atomic E-state index is 0.130. The standard InChI is InChI=1S/C24H21BrN2O2/c1-24(17-9-11-18(25)12-10-17)27-22(20-5-3-4-6-23(20)29-24)15-21(26-27)16-7-13-19(28-2)14-8-16/h3-14,22H,15H2,1-2H3/t22-,24-/m0/s1. The van der Waals surface area contributed by atoms with Crippen LogP contribution in [0.5, 0.6) is 11.5 Å². The zero-order valence-electron chi connectivity index (χ0n) is 16.3. The average Bonchev–Trinajstić information content (AvgIpc) is 3.21. The van der Waals surface area contributed by atoms with Gasteiger partial charge in [0.15, 0.2) is 0 Å². The van der Waals surface area contributed by atoms with E-state index in [4.69, 9.17) is 14.6 Å². The SMILES string of the molecule is COc1ccc(C2=NN3[C@@H](C2)c2ccccc2O[C@@]3(C)c2ccc(Br)cc2)cc1. The van der Waals surface area contributed by atoms with Crippen LogP contribution < -0.4 is 9.47 Å². The van der Waals surface area contributed by atoms with E-state index in [-0.39, 0.29) is 6.04 Å². The number of rotatable bonds is 3. The summed E-state index contributed by atoms with van der Waals surface area (Å²) in [7, 11) is 1.68. The van der Waals surface area contributed by atoms with Crippen molar-refractivity contribution in [3.8, 4) is 11.5 Å². The highest BCUT2D eigenvalue weighted by molar-refractivity contribution is 9.10. The number of hydrogen-bond donors (Lipinski definition) is 0. The summed E-state index contributed by atoms with van der Waals surface area (Å²) in [5.74, 6) is 1.77. The molecule has 2 aliphatic rings. The molecule has 3 aromatic rings. The maximum atomic E-state index is 6.56. The van der Waals surface area contributed by atoms with Crippen molar-refractivity contribution in [3.63, 3.8) is 0 Å². The number of nitrogens with zero attached hydrogens (tertiary/aromatic N) is 2. The van der Waals surface area contributed by atoms with Gasteiger partial charge in [-0.1, -0.05) is 46.3 Å². The van der Waals surface area contributed by atoms with Gasteiger partial charge in [0.2, 0.25) is 5.72 Å². The Morgan fingerprint density at radius 1 is 1.03 bits per heavy atom. The minimum Gasteiger partial charge on any atom is -0.497 e. The number of ether oxygens (including phenoxy) is 2. The second-order valence-electron chi connectivity index (χ2n) is 7.47. The maximum absolute atomic E-state index is 6.56. The molecule has 5 rings (SSSR count). The van der Waals surface area contributed by atoms with Gasteiger partial charge in [0.25, 0.3) is 0 Å². The number of fused-ring (bicyclic) bond motifs is 3. The zero-order valence-corrected chi connectivity index (χ0v) is 17.9. The number of halogens is 1. The van der Waals surface area contributed by atoms with Gasteiger partial charge in [0, 0.05) is 28.9 Å². The summed E-state index contributed by atoms with van der Waals surface area (Å²) in [4.78, 5) is 0. The first-order chi connectivity index (χ1) is 14.1. The molecule has 0 aliphatic carbocycles. The Labute approximate surface area is 178 Å². The van der Waals surface area contributed by atoms with Gasteiger partial charge in [0.05, 0.1) is 18.9 Å². The molecule has 3 aromatic carbocycles. The van der Waals surface area contributed by atoms with Crippen molar-refractivity contribution < 1.29 is 9.47 Å². The predicted octanol–water partition coefficient (Wildman–Crippen LogP) is 5.87. The van der Waals surface area contributed by atoms with E-state index < -0.39 is 5.72 Å². The Balaban J connectivity index is 1.61. The van der Waals surface area contributed by atoms with E-state index >= 15 is 0 Å². The van der Waals surface area contributed by atoms with Crippen LogP contribution in [0, 0.1) is 0 Å². The lowest BCUT2D eigenvalue weighted by atomic mass is 9.92. The maximum Gasteiger partial charge on any atom is 0.221 e. The van der Waals surface area contributed by atoms with Crippen LogP contribution in [0.2, 0.25) is 0 Å². The number of para-hydroxylation sites is 1. The summed E-state index contributed by atoms with van der Waals surface area (Å²) in [6.07, 6.45) is 0.832. The number of methoxy groups -OCH3 is 1. The molecule has 0 saturated carbocycles. The van der Waals surface area contributed by atoms with Gasteiger partial charge in [-0.05, 0) is 48.0 Å². The highest BCUT2D eigenvalue weighted by atomic mass is 79.9. The van der Waals surface area contributed by atoms with Crippen LogP contribution in [0.3, 0.4) is 0 Å². The van der Waals surface area contributed by atoms with E-state index in [0.29, 0.717) is 0 Å². The third kappa shape index (κ3) is 3.01. The second-order valence-corrected chi connectivity index (χ2v) is 8.39. The molecule has 2 aliphatic heterocycles.